The topological polar surface area (TPSA) is 70.4 Å². The Labute approximate surface area is 158 Å². The van der Waals surface area contributed by atoms with Crippen molar-refractivity contribution in [1.82, 2.24) is 15.4 Å². The maximum absolute atomic E-state index is 12.5. The molecule has 26 heavy (non-hydrogen) atoms. The van der Waals surface area contributed by atoms with Crippen molar-refractivity contribution < 1.29 is 9.32 Å². The summed E-state index contributed by atoms with van der Waals surface area (Å²) in [7, 11) is 0. The smallest absolute Gasteiger partial charge is 0.240 e. The maximum atomic E-state index is 12.5. The molecule has 2 N–H and O–H groups in total. The van der Waals surface area contributed by atoms with E-state index in [9.17, 15) is 4.79 Å². The Bertz CT molecular complexity index is 769. The number of amides is 1. The van der Waals surface area contributed by atoms with Gasteiger partial charge in [-0.1, -0.05) is 49.7 Å². The highest BCUT2D eigenvalue weighted by atomic mass is 35.5. The van der Waals surface area contributed by atoms with Crippen molar-refractivity contribution >= 4 is 23.4 Å². The first-order valence-corrected chi connectivity index (χ1v) is 9.18. The Morgan fingerprint density at radius 3 is 2.92 bits per heavy atom. The Balaban J connectivity index is 1.66. The van der Waals surface area contributed by atoms with Gasteiger partial charge in [0, 0.05) is 42.2 Å². The molecule has 1 unspecified atom stereocenters. The average molecular weight is 377 g/mol. The van der Waals surface area contributed by atoms with Gasteiger partial charge in [-0.25, -0.2) is 0 Å². The Morgan fingerprint density at radius 1 is 1.42 bits per heavy atom. The maximum Gasteiger partial charge on any atom is 0.240 e. The van der Waals surface area contributed by atoms with Crippen LogP contribution in [-0.4, -0.2) is 42.1 Å². The number of benzene rings is 1. The molecule has 0 aliphatic carbocycles. The van der Waals surface area contributed by atoms with E-state index in [1.807, 2.05) is 45.0 Å². The summed E-state index contributed by atoms with van der Waals surface area (Å²) in [6.07, 6.45) is 0. The van der Waals surface area contributed by atoms with Crippen molar-refractivity contribution in [2.24, 2.45) is 0 Å². The van der Waals surface area contributed by atoms with Crippen LogP contribution in [0.15, 0.2) is 34.9 Å². The zero-order chi connectivity index (χ0) is 18.7. The van der Waals surface area contributed by atoms with Gasteiger partial charge in [0.1, 0.15) is 0 Å². The second-order valence-electron chi connectivity index (χ2n) is 7.62. The molecule has 0 bridgehead atoms. The SMILES string of the molecule is CC(C)(C)c1cc(NC(=O)CN2CCNCC2c2cccc(Cl)c2)on1. The van der Waals surface area contributed by atoms with Gasteiger partial charge in [-0.05, 0) is 17.7 Å². The molecular weight excluding hydrogens is 352 g/mol. The number of carbonyl (C=O) groups excluding carboxylic acids is 1. The van der Waals surface area contributed by atoms with Crippen molar-refractivity contribution in [3.63, 3.8) is 0 Å². The van der Waals surface area contributed by atoms with E-state index in [-0.39, 0.29) is 23.9 Å². The minimum absolute atomic E-state index is 0.105. The molecule has 0 radical (unpaired) electrons. The average Bonchev–Trinajstić information content (AvgIpc) is 3.04. The lowest BCUT2D eigenvalue weighted by molar-refractivity contribution is -0.118. The minimum atomic E-state index is -0.122. The first-order valence-electron chi connectivity index (χ1n) is 8.80. The predicted molar refractivity (Wildman–Crippen MR) is 102 cm³/mol. The fraction of sp³-hybridized carbons (Fsp3) is 0.474. The van der Waals surface area contributed by atoms with Crippen LogP contribution in [0.2, 0.25) is 5.02 Å². The molecule has 1 aliphatic rings. The monoisotopic (exact) mass is 376 g/mol. The number of carbonyl (C=O) groups is 1. The quantitative estimate of drug-likeness (QED) is 0.857. The van der Waals surface area contributed by atoms with Crippen LogP contribution in [0.5, 0.6) is 0 Å². The molecule has 1 aromatic carbocycles. The van der Waals surface area contributed by atoms with E-state index in [1.54, 1.807) is 6.07 Å². The van der Waals surface area contributed by atoms with Crippen LogP contribution in [-0.2, 0) is 10.2 Å². The third-order valence-corrected chi connectivity index (χ3v) is 4.71. The van der Waals surface area contributed by atoms with Crippen LogP contribution < -0.4 is 10.6 Å². The number of piperazine rings is 1. The molecule has 1 atom stereocenters. The lowest BCUT2D eigenvalue weighted by Crippen LogP contribution is -2.48. The summed E-state index contributed by atoms with van der Waals surface area (Å²) in [4.78, 5) is 14.6. The van der Waals surface area contributed by atoms with Gasteiger partial charge in [0.15, 0.2) is 0 Å². The van der Waals surface area contributed by atoms with Gasteiger partial charge < -0.3 is 9.84 Å². The predicted octanol–water partition coefficient (Wildman–Crippen LogP) is 3.21. The van der Waals surface area contributed by atoms with Crippen molar-refractivity contribution in [2.75, 3.05) is 31.5 Å². The van der Waals surface area contributed by atoms with E-state index in [2.05, 4.69) is 20.7 Å². The standard InChI is InChI=1S/C19H25ClN4O2/c1-19(2,3)16-10-18(26-23-16)22-17(25)12-24-8-7-21-11-15(24)13-5-4-6-14(20)9-13/h4-6,9-10,15,21H,7-8,11-12H2,1-3H3,(H,22,25). The van der Waals surface area contributed by atoms with Crippen molar-refractivity contribution in [2.45, 2.75) is 32.2 Å². The van der Waals surface area contributed by atoms with Gasteiger partial charge in [-0.3, -0.25) is 15.0 Å². The van der Waals surface area contributed by atoms with Crippen molar-refractivity contribution in [1.29, 1.82) is 0 Å². The first-order chi connectivity index (χ1) is 12.3. The molecule has 0 spiro atoms. The summed E-state index contributed by atoms with van der Waals surface area (Å²) in [6.45, 7) is 8.84. The molecule has 140 valence electrons. The highest BCUT2D eigenvalue weighted by molar-refractivity contribution is 6.30. The fourth-order valence-corrected chi connectivity index (χ4v) is 3.23. The normalized spacial score (nSPS) is 18.7. The second-order valence-corrected chi connectivity index (χ2v) is 8.06. The molecule has 1 amide bonds. The van der Waals surface area contributed by atoms with Gasteiger partial charge in [-0.2, -0.15) is 0 Å². The zero-order valence-corrected chi connectivity index (χ0v) is 16.1. The Hall–Kier alpha value is -1.89. The molecule has 1 saturated heterocycles. The third kappa shape index (κ3) is 4.63. The van der Waals surface area contributed by atoms with Gasteiger partial charge in [0.2, 0.25) is 11.8 Å². The number of nitrogens with one attached hydrogen (secondary N) is 2. The van der Waals surface area contributed by atoms with E-state index in [0.717, 1.165) is 30.9 Å². The van der Waals surface area contributed by atoms with E-state index in [4.69, 9.17) is 16.1 Å². The molecular formula is C19H25ClN4O2. The summed E-state index contributed by atoms with van der Waals surface area (Å²) >= 11 is 6.13. The van der Waals surface area contributed by atoms with E-state index in [1.165, 1.54) is 0 Å². The number of hydrogen-bond donors (Lipinski definition) is 2. The largest absolute Gasteiger partial charge is 0.338 e. The molecule has 1 aromatic heterocycles. The zero-order valence-electron chi connectivity index (χ0n) is 15.4. The number of rotatable bonds is 4. The van der Waals surface area contributed by atoms with Crippen molar-refractivity contribution in [3.05, 3.63) is 46.6 Å². The minimum Gasteiger partial charge on any atom is -0.338 e. The molecule has 3 rings (SSSR count). The number of halogens is 1. The van der Waals surface area contributed by atoms with Gasteiger partial charge in [0.05, 0.1) is 12.2 Å². The molecule has 2 heterocycles. The molecule has 1 fully saturated rings. The van der Waals surface area contributed by atoms with Gasteiger partial charge in [0.25, 0.3) is 0 Å². The van der Waals surface area contributed by atoms with E-state index < -0.39 is 0 Å². The van der Waals surface area contributed by atoms with Crippen LogP contribution in [0.4, 0.5) is 5.88 Å². The van der Waals surface area contributed by atoms with Crippen LogP contribution in [0.1, 0.15) is 38.1 Å². The molecule has 6 nitrogen and oxygen atoms in total. The fourth-order valence-electron chi connectivity index (χ4n) is 3.03. The lowest BCUT2D eigenvalue weighted by Gasteiger charge is -2.36. The molecule has 1 aliphatic heterocycles. The highest BCUT2D eigenvalue weighted by Crippen LogP contribution is 2.25. The van der Waals surface area contributed by atoms with Crippen LogP contribution in [0.3, 0.4) is 0 Å². The van der Waals surface area contributed by atoms with Crippen molar-refractivity contribution in [3.8, 4) is 0 Å². The number of nitrogens with zero attached hydrogens (tertiary/aromatic N) is 2. The second kappa shape index (κ2) is 7.78. The third-order valence-electron chi connectivity index (χ3n) is 4.48. The highest BCUT2D eigenvalue weighted by Gasteiger charge is 2.26. The van der Waals surface area contributed by atoms with E-state index >= 15 is 0 Å². The van der Waals surface area contributed by atoms with Gasteiger partial charge in [-0.15, -0.1) is 0 Å². The van der Waals surface area contributed by atoms with Crippen LogP contribution in [0, 0.1) is 0 Å². The number of hydrogen-bond acceptors (Lipinski definition) is 5. The Morgan fingerprint density at radius 2 is 2.23 bits per heavy atom. The van der Waals surface area contributed by atoms with Crippen LogP contribution in [0.25, 0.3) is 0 Å². The number of anilines is 1. The summed E-state index contributed by atoms with van der Waals surface area (Å²) in [5, 5.41) is 10.9. The lowest BCUT2D eigenvalue weighted by atomic mass is 9.92. The summed E-state index contributed by atoms with van der Waals surface area (Å²) < 4.78 is 5.25. The van der Waals surface area contributed by atoms with Crippen LogP contribution >= 0.6 is 11.6 Å². The van der Waals surface area contributed by atoms with E-state index in [0.29, 0.717) is 10.9 Å². The molecule has 7 heteroatoms. The Kier molecular flexibility index (Phi) is 5.65. The summed E-state index contributed by atoms with van der Waals surface area (Å²) in [5.41, 5.74) is 1.79. The summed E-state index contributed by atoms with van der Waals surface area (Å²) in [6, 6.07) is 9.68. The molecule has 2 aromatic rings. The first kappa shape index (κ1) is 18.9. The molecule has 0 saturated carbocycles. The summed E-state index contributed by atoms with van der Waals surface area (Å²) in [5.74, 6) is 0.268. The van der Waals surface area contributed by atoms with Gasteiger partial charge >= 0.3 is 0 Å². The number of aromatic nitrogens is 1.